The molecule has 0 aromatic rings. The maximum Gasteiger partial charge on any atom is 0.266 e. The molecule has 0 fully saturated rings. The molecule has 6 nitrogen and oxygen atoms in total. The standard InChI is InChI=1S/C2H6O6S4/c3-11(4,9)7-1-2-8-12(5,6)10/h1-2H2,(H,3,4,9)(H,5,6,10)/p-1. The van der Waals surface area contributed by atoms with Crippen LogP contribution < -0.4 is 0 Å². The second kappa shape index (κ2) is 4.72. The van der Waals surface area contributed by atoms with Crippen molar-refractivity contribution in [3.05, 3.63) is 0 Å². The van der Waals surface area contributed by atoms with Crippen molar-refractivity contribution in [2.75, 3.05) is 13.2 Å². The van der Waals surface area contributed by atoms with Crippen molar-refractivity contribution in [1.82, 2.24) is 0 Å². The highest BCUT2D eigenvalue weighted by Gasteiger charge is 1.99. The Morgan fingerprint density at radius 1 is 1.25 bits per heavy atom. The van der Waals surface area contributed by atoms with Crippen LogP contribution in [0.25, 0.3) is 0 Å². The summed E-state index contributed by atoms with van der Waals surface area (Å²) in [5.74, 6) is 0. The van der Waals surface area contributed by atoms with Crippen molar-refractivity contribution in [3.63, 3.8) is 0 Å². The summed E-state index contributed by atoms with van der Waals surface area (Å²) < 4.78 is 46.9. The minimum absolute atomic E-state index is 0.408. The lowest BCUT2D eigenvalue weighted by Gasteiger charge is -2.09. The van der Waals surface area contributed by atoms with E-state index in [9.17, 15) is 13.0 Å². The highest BCUT2D eigenvalue weighted by atomic mass is 32.9. The SMILES string of the molecule is O=S([O-])(=S)OCCOS(=O)(O)=S. The molecule has 12 heavy (non-hydrogen) atoms. The number of hydrogen-bond acceptors (Lipinski definition) is 7. The van der Waals surface area contributed by atoms with E-state index in [1.54, 1.807) is 0 Å². The van der Waals surface area contributed by atoms with Crippen LogP contribution in [0.3, 0.4) is 0 Å². The molecule has 10 heteroatoms. The Labute approximate surface area is 79.7 Å². The van der Waals surface area contributed by atoms with Gasteiger partial charge in [0.2, 0.25) is 0 Å². The Bertz CT molecular complexity index is 277. The zero-order chi connectivity index (χ0) is 9.83. The van der Waals surface area contributed by atoms with E-state index >= 15 is 0 Å². The molecule has 2 atom stereocenters. The van der Waals surface area contributed by atoms with E-state index in [1.807, 2.05) is 0 Å². The quantitative estimate of drug-likeness (QED) is 0.620. The van der Waals surface area contributed by atoms with Gasteiger partial charge >= 0.3 is 0 Å². The first-order chi connectivity index (χ1) is 5.21. The molecule has 0 aliphatic carbocycles. The van der Waals surface area contributed by atoms with Crippen LogP contribution in [0.5, 0.6) is 0 Å². The average Bonchev–Trinajstić information content (AvgIpc) is 1.76. The van der Waals surface area contributed by atoms with Crippen molar-refractivity contribution >= 4 is 40.5 Å². The molecule has 0 aliphatic rings. The van der Waals surface area contributed by atoms with E-state index in [-0.39, 0.29) is 0 Å². The summed E-state index contributed by atoms with van der Waals surface area (Å²) in [6.45, 7) is -0.839. The third-order valence-electron chi connectivity index (χ3n) is 0.543. The fraction of sp³-hybridized carbons (Fsp3) is 1.00. The Kier molecular flexibility index (Phi) is 4.94. The maximum absolute atomic E-state index is 10.2. The van der Waals surface area contributed by atoms with Crippen molar-refractivity contribution < 1.29 is 25.9 Å². The average molecular weight is 253 g/mol. The van der Waals surface area contributed by atoms with Crippen LogP contribution in [0.4, 0.5) is 0 Å². The van der Waals surface area contributed by atoms with E-state index in [0.717, 1.165) is 0 Å². The Morgan fingerprint density at radius 3 is 2.00 bits per heavy atom. The second-order valence-corrected chi connectivity index (χ2v) is 6.11. The molecule has 0 aliphatic heterocycles. The Morgan fingerprint density at radius 2 is 1.67 bits per heavy atom. The van der Waals surface area contributed by atoms with Crippen LogP contribution in [0.2, 0.25) is 0 Å². The third-order valence-corrected chi connectivity index (χ3v) is 2.04. The van der Waals surface area contributed by atoms with Gasteiger partial charge in [0, 0.05) is 11.2 Å². The summed E-state index contributed by atoms with van der Waals surface area (Å²) in [6.07, 6.45) is 0. The van der Waals surface area contributed by atoms with E-state index in [0.29, 0.717) is 0 Å². The molecule has 2 unspecified atom stereocenters. The van der Waals surface area contributed by atoms with Gasteiger partial charge in [-0.25, -0.2) is 4.21 Å². The topological polar surface area (TPSA) is 95.9 Å². The van der Waals surface area contributed by atoms with Crippen LogP contribution in [0.15, 0.2) is 0 Å². The minimum Gasteiger partial charge on any atom is -0.748 e. The van der Waals surface area contributed by atoms with E-state index in [1.165, 1.54) is 0 Å². The summed E-state index contributed by atoms with van der Waals surface area (Å²) in [4.78, 5) is 0. The largest absolute Gasteiger partial charge is 0.748 e. The van der Waals surface area contributed by atoms with Crippen LogP contribution in [-0.4, -0.2) is 30.7 Å². The van der Waals surface area contributed by atoms with Gasteiger partial charge in [-0.05, 0) is 11.2 Å². The van der Waals surface area contributed by atoms with E-state index in [2.05, 4.69) is 30.7 Å². The highest BCUT2D eigenvalue weighted by Crippen LogP contribution is 1.90. The van der Waals surface area contributed by atoms with Gasteiger partial charge in [-0.15, -0.1) is 0 Å². The van der Waals surface area contributed by atoms with Crippen LogP contribution in [-0.2, 0) is 48.8 Å². The van der Waals surface area contributed by atoms with Gasteiger partial charge in [-0.3, -0.25) is 12.9 Å². The molecule has 74 valence electrons. The van der Waals surface area contributed by atoms with Gasteiger partial charge in [0.15, 0.2) is 0 Å². The Balaban J connectivity index is 3.62. The zero-order valence-corrected chi connectivity index (χ0v) is 8.80. The normalized spacial score (nSPS) is 21.2. The molecule has 0 bridgehead atoms. The van der Waals surface area contributed by atoms with Crippen LogP contribution in [0.1, 0.15) is 0 Å². The first-order valence-corrected chi connectivity index (χ1v) is 7.13. The highest BCUT2D eigenvalue weighted by molar-refractivity contribution is 8.27. The van der Waals surface area contributed by atoms with E-state index in [4.69, 9.17) is 4.55 Å². The third kappa shape index (κ3) is 10.6. The van der Waals surface area contributed by atoms with Gasteiger partial charge in [0.05, 0.1) is 22.3 Å². The molecular formula is C2H5O6S4-. The molecule has 0 radical (unpaired) electrons. The monoisotopic (exact) mass is 253 g/mol. The van der Waals surface area contributed by atoms with Gasteiger partial charge in [-0.1, -0.05) is 0 Å². The van der Waals surface area contributed by atoms with Gasteiger partial charge in [0.1, 0.15) is 0 Å². The molecule has 0 spiro atoms. The smallest absolute Gasteiger partial charge is 0.266 e. The van der Waals surface area contributed by atoms with Gasteiger partial charge < -0.3 is 4.55 Å². The lowest BCUT2D eigenvalue weighted by Crippen LogP contribution is -2.12. The molecular weight excluding hydrogens is 248 g/mol. The first kappa shape index (κ1) is 12.6. The van der Waals surface area contributed by atoms with Crippen molar-refractivity contribution in [2.24, 2.45) is 0 Å². The molecule has 0 aromatic heterocycles. The molecule has 0 saturated heterocycles. The lowest BCUT2D eigenvalue weighted by atomic mass is 10.8. The fourth-order valence-corrected chi connectivity index (χ4v) is 1.23. The van der Waals surface area contributed by atoms with Crippen molar-refractivity contribution in [1.29, 1.82) is 0 Å². The maximum atomic E-state index is 10.2. The molecule has 0 saturated carbocycles. The number of rotatable bonds is 5. The predicted molar refractivity (Wildman–Crippen MR) is 46.3 cm³/mol. The summed E-state index contributed by atoms with van der Waals surface area (Å²) in [7, 11) is -7.66. The summed E-state index contributed by atoms with van der Waals surface area (Å²) in [5, 5.41) is 0. The summed E-state index contributed by atoms with van der Waals surface area (Å²) in [5.41, 5.74) is 0. The van der Waals surface area contributed by atoms with E-state index < -0.39 is 31.3 Å². The molecule has 0 heterocycles. The van der Waals surface area contributed by atoms with Gasteiger partial charge in [-0.2, -0.15) is 4.21 Å². The molecule has 1 N–H and O–H groups in total. The van der Waals surface area contributed by atoms with Gasteiger partial charge in [0.25, 0.3) is 9.05 Å². The predicted octanol–water partition coefficient (Wildman–Crippen LogP) is -1.05. The second-order valence-electron chi connectivity index (χ2n) is 1.48. The molecule has 0 rings (SSSR count). The van der Waals surface area contributed by atoms with Crippen molar-refractivity contribution in [3.8, 4) is 0 Å². The summed E-state index contributed by atoms with van der Waals surface area (Å²) in [6, 6.07) is 0. The Hall–Kier alpha value is 0.580. The van der Waals surface area contributed by atoms with Crippen molar-refractivity contribution in [2.45, 2.75) is 0 Å². The fourth-order valence-electron chi connectivity index (χ4n) is 0.275. The molecule has 0 aromatic carbocycles. The van der Waals surface area contributed by atoms with Crippen LogP contribution in [0, 0.1) is 0 Å². The lowest BCUT2D eigenvalue weighted by molar-refractivity contribution is 0.213. The van der Waals surface area contributed by atoms with Crippen LogP contribution >= 0.6 is 0 Å². The first-order valence-electron chi connectivity index (χ1n) is 2.43. The molecule has 0 amide bonds. The summed E-state index contributed by atoms with van der Waals surface area (Å²) >= 11 is 7.75. The minimum atomic E-state index is -3.95. The number of hydrogen-bond donors (Lipinski definition) is 1. The zero-order valence-electron chi connectivity index (χ0n) is 5.54.